The Morgan fingerprint density at radius 2 is 1.97 bits per heavy atom. The maximum atomic E-state index is 6.35. The Labute approximate surface area is 191 Å². The highest BCUT2D eigenvalue weighted by Gasteiger charge is 2.19. The van der Waals surface area contributed by atoms with E-state index < -0.39 is 0 Å². The number of aromatic nitrogens is 2. The Kier molecular flexibility index (Phi) is 5.45. The van der Waals surface area contributed by atoms with Crippen LogP contribution in [0.15, 0.2) is 54.7 Å². The number of nitrogens with zero attached hydrogens (tertiary/aromatic N) is 2. The molecule has 1 N–H and O–H groups in total. The molecule has 0 spiro atoms. The summed E-state index contributed by atoms with van der Waals surface area (Å²) in [6.45, 7) is 1.25. The molecule has 3 aromatic carbocycles. The lowest BCUT2D eigenvalue weighted by atomic mass is 9.99. The van der Waals surface area contributed by atoms with Crippen molar-refractivity contribution in [2.45, 2.75) is 13.0 Å². The molecule has 5 rings (SSSR count). The quantitative estimate of drug-likeness (QED) is 0.420. The molecule has 0 amide bonds. The van der Waals surface area contributed by atoms with Gasteiger partial charge in [0.2, 0.25) is 0 Å². The van der Waals surface area contributed by atoms with Crippen LogP contribution in [0.2, 0.25) is 5.02 Å². The van der Waals surface area contributed by atoms with Gasteiger partial charge in [0.25, 0.3) is 0 Å². The fraction of sp³-hybridized carbons (Fsp3) is 0.200. The minimum absolute atomic E-state index is 0.575. The van der Waals surface area contributed by atoms with Crippen molar-refractivity contribution >= 4 is 28.2 Å². The van der Waals surface area contributed by atoms with Crippen molar-refractivity contribution in [2.75, 3.05) is 26.1 Å². The van der Waals surface area contributed by atoms with E-state index in [-0.39, 0.29) is 0 Å². The van der Waals surface area contributed by atoms with Gasteiger partial charge in [-0.05, 0) is 47.5 Å². The van der Waals surface area contributed by atoms with Crippen molar-refractivity contribution in [3.05, 3.63) is 70.9 Å². The van der Waals surface area contributed by atoms with Crippen molar-refractivity contribution < 1.29 is 14.2 Å². The minimum atomic E-state index is 0.575. The topological polar surface area (TPSA) is 65.5 Å². The Balaban J connectivity index is 1.46. The Morgan fingerprint density at radius 3 is 2.81 bits per heavy atom. The first-order valence-corrected chi connectivity index (χ1v) is 10.7. The minimum Gasteiger partial charge on any atom is -0.497 e. The van der Waals surface area contributed by atoms with Gasteiger partial charge in [-0.2, -0.15) is 10.2 Å². The molecule has 6 nitrogen and oxygen atoms in total. The van der Waals surface area contributed by atoms with E-state index in [1.165, 1.54) is 0 Å². The smallest absolute Gasteiger partial charge is 0.130 e. The molecule has 162 valence electrons. The molecule has 1 aliphatic rings. The predicted octanol–water partition coefficient (Wildman–Crippen LogP) is 5.51. The maximum Gasteiger partial charge on any atom is 0.130 e. The summed E-state index contributed by atoms with van der Waals surface area (Å²) >= 11 is 6.35. The molecular formula is C25H22ClN3O3. The van der Waals surface area contributed by atoms with Gasteiger partial charge >= 0.3 is 0 Å². The van der Waals surface area contributed by atoms with E-state index in [9.17, 15) is 0 Å². The number of benzene rings is 3. The van der Waals surface area contributed by atoms with Gasteiger partial charge in [0.15, 0.2) is 0 Å². The molecule has 7 heteroatoms. The molecule has 2 heterocycles. The van der Waals surface area contributed by atoms with E-state index >= 15 is 0 Å². The predicted molar refractivity (Wildman–Crippen MR) is 126 cm³/mol. The third kappa shape index (κ3) is 3.78. The van der Waals surface area contributed by atoms with Crippen molar-refractivity contribution in [1.82, 2.24) is 10.2 Å². The van der Waals surface area contributed by atoms with E-state index in [4.69, 9.17) is 25.8 Å². The molecule has 4 aromatic rings. The van der Waals surface area contributed by atoms with Gasteiger partial charge in [0, 0.05) is 40.6 Å². The van der Waals surface area contributed by atoms with Gasteiger partial charge in [-0.25, -0.2) is 0 Å². The average Bonchev–Trinajstić information content (AvgIpc) is 3.30. The summed E-state index contributed by atoms with van der Waals surface area (Å²) in [4.78, 5) is 0. The van der Waals surface area contributed by atoms with Crippen LogP contribution in [0.5, 0.6) is 17.2 Å². The summed E-state index contributed by atoms with van der Waals surface area (Å²) in [5, 5.41) is 13.7. The first-order valence-electron chi connectivity index (χ1n) is 10.3. The number of methoxy groups -OCH3 is 2. The summed E-state index contributed by atoms with van der Waals surface area (Å²) in [5.74, 6) is 2.42. The molecule has 1 aromatic heterocycles. The van der Waals surface area contributed by atoms with E-state index in [1.807, 2.05) is 36.4 Å². The second kappa shape index (κ2) is 8.55. The van der Waals surface area contributed by atoms with E-state index in [1.54, 1.807) is 20.4 Å². The highest BCUT2D eigenvalue weighted by atomic mass is 35.5. The molecule has 0 atom stereocenters. The van der Waals surface area contributed by atoms with Crippen LogP contribution in [0.4, 0.5) is 5.69 Å². The lowest BCUT2D eigenvalue weighted by Gasteiger charge is -2.14. The number of ether oxygens (including phenoxy) is 3. The third-order valence-electron chi connectivity index (χ3n) is 5.66. The second-order valence-corrected chi connectivity index (χ2v) is 8.00. The Hall–Kier alpha value is -3.51. The van der Waals surface area contributed by atoms with Crippen LogP contribution in [0.25, 0.3) is 22.0 Å². The number of hydrogen-bond donors (Lipinski definition) is 1. The second-order valence-electron chi connectivity index (χ2n) is 7.56. The summed E-state index contributed by atoms with van der Waals surface area (Å²) < 4.78 is 16.7. The molecule has 0 radical (unpaired) electrons. The lowest BCUT2D eigenvalue weighted by molar-refractivity contribution is 0.358. The lowest BCUT2D eigenvalue weighted by Crippen LogP contribution is -2.03. The van der Waals surface area contributed by atoms with Crippen LogP contribution in [0.1, 0.15) is 11.1 Å². The first-order chi connectivity index (χ1) is 15.7. The first kappa shape index (κ1) is 20.4. The largest absolute Gasteiger partial charge is 0.497 e. The van der Waals surface area contributed by atoms with E-state index in [2.05, 4.69) is 27.6 Å². The summed E-state index contributed by atoms with van der Waals surface area (Å²) in [6.07, 6.45) is 2.61. The van der Waals surface area contributed by atoms with Gasteiger partial charge in [0.05, 0.1) is 38.2 Å². The van der Waals surface area contributed by atoms with Crippen LogP contribution in [-0.4, -0.2) is 31.0 Å². The molecule has 0 saturated carbocycles. The van der Waals surface area contributed by atoms with Gasteiger partial charge < -0.3 is 19.5 Å². The van der Waals surface area contributed by atoms with Crippen LogP contribution in [0.3, 0.4) is 0 Å². The molecule has 32 heavy (non-hydrogen) atoms. The molecule has 0 fully saturated rings. The standard InChI is InChI=1S/C25H22ClN3O3/c1-30-19-5-3-17(24(12-19)31-2)13-27-23-14-28-29-22-10-15(4-6-20(22)23)21-11-18(26)9-16-7-8-32-25(16)21/h3-6,9-12,14H,7-8,13H2,1-2H3,(H,27,29). The summed E-state index contributed by atoms with van der Waals surface area (Å²) in [6, 6.07) is 15.8. The number of nitrogens with one attached hydrogen (secondary N) is 1. The van der Waals surface area contributed by atoms with Gasteiger partial charge in [-0.3, -0.25) is 0 Å². The summed E-state index contributed by atoms with van der Waals surface area (Å²) in [5.41, 5.74) is 5.83. The molecular weight excluding hydrogens is 426 g/mol. The van der Waals surface area contributed by atoms with Crippen LogP contribution in [0, 0.1) is 0 Å². The number of hydrogen-bond acceptors (Lipinski definition) is 6. The van der Waals surface area contributed by atoms with Crippen molar-refractivity contribution in [3.8, 4) is 28.4 Å². The molecule has 0 unspecified atom stereocenters. The fourth-order valence-electron chi connectivity index (χ4n) is 4.04. The number of halogens is 1. The number of fused-ring (bicyclic) bond motifs is 2. The van der Waals surface area contributed by atoms with Crippen LogP contribution < -0.4 is 19.5 Å². The van der Waals surface area contributed by atoms with Crippen molar-refractivity contribution in [1.29, 1.82) is 0 Å². The van der Waals surface area contributed by atoms with Crippen molar-refractivity contribution in [2.24, 2.45) is 0 Å². The zero-order valence-corrected chi connectivity index (χ0v) is 18.6. The maximum absolute atomic E-state index is 6.35. The number of rotatable bonds is 6. The molecule has 1 aliphatic heterocycles. The van der Waals surface area contributed by atoms with Gasteiger partial charge in [-0.1, -0.05) is 17.7 Å². The number of anilines is 1. The van der Waals surface area contributed by atoms with Crippen LogP contribution in [-0.2, 0) is 13.0 Å². The Morgan fingerprint density at radius 1 is 1.06 bits per heavy atom. The highest BCUT2D eigenvalue weighted by molar-refractivity contribution is 6.31. The van der Waals surface area contributed by atoms with Gasteiger partial charge in [0.1, 0.15) is 17.2 Å². The summed E-state index contributed by atoms with van der Waals surface area (Å²) in [7, 11) is 3.29. The normalized spacial score (nSPS) is 12.3. The average molecular weight is 448 g/mol. The van der Waals surface area contributed by atoms with Gasteiger partial charge in [-0.15, -0.1) is 0 Å². The Bertz CT molecular complexity index is 1310. The van der Waals surface area contributed by atoms with Crippen molar-refractivity contribution in [3.63, 3.8) is 0 Å². The van der Waals surface area contributed by atoms with E-state index in [0.717, 1.165) is 62.5 Å². The zero-order valence-electron chi connectivity index (χ0n) is 17.8. The van der Waals surface area contributed by atoms with Crippen LogP contribution >= 0.6 is 11.6 Å². The zero-order chi connectivity index (χ0) is 22.1. The molecule has 0 aliphatic carbocycles. The van der Waals surface area contributed by atoms with E-state index in [0.29, 0.717) is 18.2 Å². The fourth-order valence-corrected chi connectivity index (χ4v) is 4.28. The monoisotopic (exact) mass is 447 g/mol. The third-order valence-corrected chi connectivity index (χ3v) is 5.88. The molecule has 0 bridgehead atoms. The SMILES string of the molecule is COc1ccc(CNc2cnnc3cc(-c4cc(Cl)cc5c4OCC5)ccc23)c(OC)c1. The highest BCUT2D eigenvalue weighted by Crippen LogP contribution is 2.40. The molecule has 0 saturated heterocycles.